The van der Waals surface area contributed by atoms with Crippen LogP contribution in [-0.2, 0) is 14.6 Å². The summed E-state index contributed by atoms with van der Waals surface area (Å²) in [5.41, 5.74) is -3.38. The Kier molecular flexibility index (Phi) is 12.8. The second kappa shape index (κ2) is 16.9. The van der Waals surface area contributed by atoms with Gasteiger partial charge in [0.25, 0.3) is 12.3 Å². The van der Waals surface area contributed by atoms with E-state index in [-0.39, 0.29) is 44.1 Å². The van der Waals surface area contributed by atoms with Gasteiger partial charge in [-0.05, 0) is 72.4 Å². The normalized spacial score (nSPS) is 14.6. The molecule has 3 N–H and O–H groups in total. The molecule has 2 amide bonds. The molecule has 0 bridgehead atoms. The molecule has 58 heavy (non-hydrogen) atoms. The quantitative estimate of drug-likeness (QED) is 0.0650. The number of rotatable bonds is 14. The van der Waals surface area contributed by atoms with Crippen molar-refractivity contribution in [2.45, 2.75) is 68.7 Å². The number of benzene rings is 3. The number of nitrogens with zero attached hydrogens (tertiary/aromatic N) is 4. The van der Waals surface area contributed by atoms with Crippen LogP contribution < -0.4 is 10.6 Å². The fourth-order valence-corrected chi connectivity index (χ4v) is 6.59. The molecule has 5 rings (SSSR count). The van der Waals surface area contributed by atoms with Gasteiger partial charge in [-0.1, -0.05) is 55.8 Å². The molecule has 1 atom stereocenters. The highest BCUT2D eigenvalue weighted by Crippen LogP contribution is 2.42. The van der Waals surface area contributed by atoms with Crippen LogP contribution in [0.15, 0.2) is 78.0 Å². The van der Waals surface area contributed by atoms with E-state index in [2.05, 4.69) is 20.7 Å². The molecule has 0 radical (unpaired) electrons. The zero-order chi connectivity index (χ0) is 42.8. The van der Waals surface area contributed by atoms with Gasteiger partial charge in [-0.3, -0.25) is 15.1 Å². The lowest BCUT2D eigenvalue weighted by Gasteiger charge is -2.34. The number of sulfone groups is 1. The number of guanidine groups is 1. The number of amides is 2. The van der Waals surface area contributed by atoms with Crippen molar-refractivity contribution in [3.63, 3.8) is 0 Å². The van der Waals surface area contributed by atoms with E-state index in [0.29, 0.717) is 11.1 Å². The number of nitrogens with one attached hydrogen (secondary N) is 3. The van der Waals surface area contributed by atoms with E-state index in [1.165, 1.54) is 60.7 Å². The van der Waals surface area contributed by atoms with Crippen molar-refractivity contribution in [2.24, 2.45) is 5.41 Å². The van der Waals surface area contributed by atoms with E-state index >= 15 is 0 Å². The van der Waals surface area contributed by atoms with Crippen molar-refractivity contribution < 1.29 is 53.5 Å². The molecular weight excluding hydrogens is 823 g/mol. The lowest BCUT2D eigenvalue weighted by atomic mass is 9.88. The molecule has 4 aromatic rings. The van der Waals surface area contributed by atoms with Crippen molar-refractivity contribution in [1.29, 1.82) is 5.41 Å². The van der Waals surface area contributed by atoms with E-state index in [0.717, 1.165) is 31.3 Å². The molecule has 12 nitrogen and oxygen atoms in total. The van der Waals surface area contributed by atoms with Gasteiger partial charge in [0.1, 0.15) is 18.5 Å². The third kappa shape index (κ3) is 9.88. The summed E-state index contributed by atoms with van der Waals surface area (Å²) < 4.78 is 126. The SMILES string of the molecule is CC(C)(CCNC(=N)N(C(=O)c1ccc(-c2cccc(S(C)(=O)=O)c2)cc1)[C@H](COC(=O)NC1(C(F)F)CC1)c1ccc(Cl)c(-c2ncnn2C(F)F)c1)C(F)(F)F. The molecule has 0 spiro atoms. The molecular formula is C37H37ClF7N7O5S. The molecule has 0 unspecified atom stereocenters. The molecule has 1 saturated carbocycles. The van der Waals surface area contributed by atoms with Crippen LogP contribution in [0, 0.1) is 10.8 Å². The summed E-state index contributed by atoms with van der Waals surface area (Å²) in [5, 5.41) is 17.0. The van der Waals surface area contributed by atoms with Gasteiger partial charge in [-0.25, -0.2) is 27.0 Å². The standard InChI is InChI=1S/C37H37ClF7N7O5S/c1-35(2,37(43,44)45)15-16-47-33(46)51(30(53)22-9-7-21(8-10-22)23-5-4-6-25(17-23)58(3,55)56)28(19-57-34(54)50-36(13-14-36)31(39)40)24-11-12-27(38)26(18-24)29-48-20-49-52(29)32(41)42/h4-12,17-18,20,28,31-32H,13-16,19H2,1-3H3,(H2,46,47)(H,50,54)/t28-/m1/s1. The van der Waals surface area contributed by atoms with Gasteiger partial charge in [0.05, 0.1) is 21.4 Å². The molecule has 21 heteroatoms. The summed E-state index contributed by atoms with van der Waals surface area (Å²) in [6, 6.07) is 13.8. The van der Waals surface area contributed by atoms with Crippen LogP contribution in [0.2, 0.25) is 5.02 Å². The van der Waals surface area contributed by atoms with Gasteiger partial charge >= 0.3 is 18.8 Å². The van der Waals surface area contributed by atoms with Gasteiger partial charge in [-0.15, -0.1) is 0 Å². The van der Waals surface area contributed by atoms with Crippen LogP contribution in [0.3, 0.4) is 0 Å². The average Bonchev–Trinajstić information content (AvgIpc) is 3.77. The summed E-state index contributed by atoms with van der Waals surface area (Å²) in [5.74, 6) is -2.17. The van der Waals surface area contributed by atoms with Gasteiger partial charge in [-0.2, -0.15) is 31.7 Å². The number of halogens is 8. The molecule has 1 aliphatic rings. The number of carbonyl (C=O) groups is 2. The van der Waals surface area contributed by atoms with Gasteiger partial charge in [0.2, 0.25) is 0 Å². The zero-order valence-electron chi connectivity index (χ0n) is 31.0. The lowest BCUT2D eigenvalue weighted by molar-refractivity contribution is -0.213. The molecule has 1 aromatic heterocycles. The molecule has 0 aliphatic heterocycles. The summed E-state index contributed by atoms with van der Waals surface area (Å²) >= 11 is 6.40. The number of ether oxygens (including phenoxy) is 1. The first-order valence-electron chi connectivity index (χ1n) is 17.4. The topological polar surface area (TPSA) is 159 Å². The summed E-state index contributed by atoms with van der Waals surface area (Å²) in [6.45, 7) is -2.61. The van der Waals surface area contributed by atoms with Crippen LogP contribution >= 0.6 is 11.6 Å². The number of carbonyl (C=O) groups excluding carboxylic acids is 2. The Bertz CT molecular complexity index is 2270. The number of hydrogen-bond acceptors (Lipinski definition) is 8. The fraction of sp³-hybridized carbons (Fsp3) is 0.378. The fourth-order valence-electron chi connectivity index (χ4n) is 5.72. The number of aromatic nitrogens is 3. The summed E-state index contributed by atoms with van der Waals surface area (Å²) in [7, 11) is -3.57. The third-order valence-corrected chi connectivity index (χ3v) is 11.1. The number of alkyl halides is 7. The first-order chi connectivity index (χ1) is 27.0. The van der Waals surface area contributed by atoms with Crippen LogP contribution in [0.5, 0.6) is 0 Å². The van der Waals surface area contributed by atoms with E-state index in [9.17, 15) is 48.7 Å². The third-order valence-electron chi connectivity index (χ3n) is 9.61. The van der Waals surface area contributed by atoms with Crippen molar-refractivity contribution in [1.82, 2.24) is 30.3 Å². The number of hydrogen-bond donors (Lipinski definition) is 3. The zero-order valence-corrected chi connectivity index (χ0v) is 32.5. The predicted molar refractivity (Wildman–Crippen MR) is 198 cm³/mol. The van der Waals surface area contributed by atoms with Crippen LogP contribution in [0.4, 0.5) is 35.5 Å². The highest BCUT2D eigenvalue weighted by atomic mass is 35.5. The second-order valence-corrected chi connectivity index (χ2v) is 16.6. The Morgan fingerprint density at radius 3 is 2.28 bits per heavy atom. The average molecular weight is 860 g/mol. The van der Waals surface area contributed by atoms with Gasteiger partial charge in [0, 0.05) is 23.9 Å². The Labute approximate surface area is 333 Å². The highest BCUT2D eigenvalue weighted by molar-refractivity contribution is 7.90. The lowest BCUT2D eigenvalue weighted by Crippen LogP contribution is -2.49. The van der Waals surface area contributed by atoms with Gasteiger partial charge < -0.3 is 15.4 Å². The maximum atomic E-state index is 14.5. The smallest absolute Gasteiger partial charge is 0.407 e. The van der Waals surface area contributed by atoms with Crippen molar-refractivity contribution in [2.75, 3.05) is 19.4 Å². The first-order valence-corrected chi connectivity index (χ1v) is 19.7. The van der Waals surface area contributed by atoms with Gasteiger partial charge in [0.15, 0.2) is 21.6 Å². The predicted octanol–water partition coefficient (Wildman–Crippen LogP) is 8.27. The van der Waals surface area contributed by atoms with E-state index in [1.807, 2.05) is 0 Å². The molecule has 312 valence electrons. The number of alkyl carbamates (subject to hydrolysis) is 1. The minimum absolute atomic E-state index is 0.0178. The maximum Gasteiger partial charge on any atom is 0.407 e. The Balaban J connectivity index is 1.58. The Hall–Kier alpha value is -5.24. The van der Waals surface area contributed by atoms with Crippen LogP contribution in [0.25, 0.3) is 22.5 Å². The minimum atomic E-state index is -4.63. The summed E-state index contributed by atoms with van der Waals surface area (Å²) in [4.78, 5) is 32.1. The minimum Gasteiger partial charge on any atom is -0.447 e. The molecule has 1 heterocycles. The Morgan fingerprint density at radius 1 is 1.02 bits per heavy atom. The Morgan fingerprint density at radius 2 is 1.69 bits per heavy atom. The van der Waals surface area contributed by atoms with Crippen LogP contribution in [0.1, 0.15) is 61.6 Å². The summed E-state index contributed by atoms with van der Waals surface area (Å²) in [6.07, 6.45) is -7.65. The first kappa shape index (κ1) is 43.9. The largest absolute Gasteiger partial charge is 0.447 e. The van der Waals surface area contributed by atoms with E-state index < -0.39 is 89.3 Å². The maximum absolute atomic E-state index is 14.5. The van der Waals surface area contributed by atoms with E-state index in [4.69, 9.17) is 21.7 Å². The molecule has 3 aromatic carbocycles. The van der Waals surface area contributed by atoms with E-state index in [1.54, 1.807) is 6.07 Å². The highest BCUT2D eigenvalue weighted by Gasteiger charge is 2.53. The molecule has 0 saturated heterocycles. The van der Waals surface area contributed by atoms with Crippen molar-refractivity contribution >= 4 is 39.4 Å². The second-order valence-electron chi connectivity index (χ2n) is 14.2. The van der Waals surface area contributed by atoms with Crippen molar-refractivity contribution in [3.8, 4) is 22.5 Å². The molecule has 1 fully saturated rings. The van der Waals surface area contributed by atoms with Crippen LogP contribution in [-0.4, -0.2) is 83.6 Å². The monoisotopic (exact) mass is 859 g/mol. The molecule has 1 aliphatic carbocycles. The van der Waals surface area contributed by atoms with Crippen molar-refractivity contribution in [3.05, 3.63) is 89.2 Å².